The number of carbonyl (C=O) groups is 3. The molecule has 166 valence electrons. The molecule has 1 aliphatic heterocycles. The molecule has 3 rings (SSSR count). The molecule has 0 spiro atoms. The van der Waals surface area contributed by atoms with E-state index >= 15 is 0 Å². The van der Waals surface area contributed by atoms with Crippen LogP contribution in [0, 0.1) is 5.92 Å². The first-order valence-corrected chi connectivity index (χ1v) is 10.0. The number of carboxylic acid groups (broad SMARTS) is 1. The Bertz CT molecular complexity index is 1080. The second-order valence-electron chi connectivity index (χ2n) is 7.73. The molecule has 2 aromatic rings. The van der Waals surface area contributed by atoms with Crippen LogP contribution in [0.2, 0.25) is 5.02 Å². The van der Waals surface area contributed by atoms with Crippen LogP contribution in [0.5, 0.6) is 0 Å². The molecule has 1 aliphatic rings. The Morgan fingerprint density at radius 3 is 2.65 bits per heavy atom. The Labute approximate surface area is 182 Å². The number of rotatable bonds is 8. The van der Waals surface area contributed by atoms with E-state index in [1.54, 1.807) is 26.0 Å². The van der Waals surface area contributed by atoms with Gasteiger partial charge in [0.15, 0.2) is 11.4 Å². The number of carboxylic acids is 1. The van der Waals surface area contributed by atoms with Gasteiger partial charge in [0.25, 0.3) is 5.91 Å². The van der Waals surface area contributed by atoms with E-state index in [0.29, 0.717) is 10.7 Å². The average Bonchev–Trinajstić information content (AvgIpc) is 3.29. The van der Waals surface area contributed by atoms with E-state index in [0.717, 1.165) is 16.6 Å². The molecule has 1 aromatic carbocycles. The minimum Gasteiger partial charge on any atom is -0.481 e. The smallest absolute Gasteiger partial charge is 0.305 e. The second kappa shape index (κ2) is 8.68. The normalized spacial score (nSPS) is 19.2. The number of halogens is 2. The van der Waals surface area contributed by atoms with E-state index in [2.05, 4.69) is 10.8 Å². The molecular formula is C21H23ClFN3O5. The van der Waals surface area contributed by atoms with Gasteiger partial charge in [-0.05, 0) is 36.3 Å². The van der Waals surface area contributed by atoms with Gasteiger partial charge in [-0.1, -0.05) is 25.4 Å². The minimum absolute atomic E-state index is 0.396. The summed E-state index contributed by atoms with van der Waals surface area (Å²) in [6.45, 7) is 2.10. The average molecular weight is 452 g/mol. The number of aromatic nitrogens is 1. The summed E-state index contributed by atoms with van der Waals surface area (Å²) in [5, 5.41) is 12.8. The van der Waals surface area contributed by atoms with Crippen molar-refractivity contribution in [2.24, 2.45) is 13.0 Å². The number of hydrogen-bond donors (Lipinski definition) is 3. The molecule has 1 aromatic heterocycles. The highest BCUT2D eigenvalue weighted by Gasteiger charge is 2.47. The molecule has 2 atom stereocenters. The summed E-state index contributed by atoms with van der Waals surface area (Å²) >= 11 is 6.08. The molecule has 0 saturated carbocycles. The molecule has 2 unspecified atom stereocenters. The zero-order chi connectivity index (χ0) is 22.9. The van der Waals surface area contributed by atoms with Gasteiger partial charge >= 0.3 is 5.97 Å². The van der Waals surface area contributed by atoms with Crippen LogP contribution in [0.4, 0.5) is 4.39 Å². The third-order valence-corrected chi connectivity index (χ3v) is 5.62. The Morgan fingerprint density at radius 1 is 1.32 bits per heavy atom. The predicted octanol–water partition coefficient (Wildman–Crippen LogP) is 2.60. The lowest BCUT2D eigenvalue weighted by atomic mass is 9.88. The van der Waals surface area contributed by atoms with E-state index in [-0.39, 0.29) is 0 Å². The second-order valence-corrected chi connectivity index (χ2v) is 8.16. The van der Waals surface area contributed by atoms with E-state index in [1.165, 1.54) is 0 Å². The van der Waals surface area contributed by atoms with Crippen molar-refractivity contribution in [2.45, 2.75) is 31.9 Å². The highest BCUT2D eigenvalue weighted by Crippen LogP contribution is 2.35. The van der Waals surface area contributed by atoms with Gasteiger partial charge in [0.1, 0.15) is 12.7 Å². The number of aryl methyl sites for hydroxylation is 1. The van der Waals surface area contributed by atoms with Crippen LogP contribution in [-0.2, 0) is 26.3 Å². The van der Waals surface area contributed by atoms with E-state index < -0.39 is 48.3 Å². The van der Waals surface area contributed by atoms with Gasteiger partial charge in [-0.25, -0.2) is 4.39 Å². The van der Waals surface area contributed by atoms with Crippen LogP contribution in [0.3, 0.4) is 0 Å². The lowest BCUT2D eigenvalue weighted by molar-refractivity contribution is -0.152. The zero-order valence-corrected chi connectivity index (χ0v) is 18.0. The molecule has 3 N–H and O–H groups in total. The Morgan fingerprint density at radius 2 is 2.03 bits per heavy atom. The number of hydrogen-bond acceptors (Lipinski definition) is 5. The first-order chi connectivity index (χ1) is 14.6. The molecule has 0 fully saturated rings. The number of ketones is 1. The number of amides is 1. The fourth-order valence-electron chi connectivity index (χ4n) is 3.56. The molecule has 0 aliphatic carbocycles. The first-order valence-electron chi connectivity index (χ1n) is 9.62. The number of Topliss-reactive ketones (excluding diaryl/α,β-unsaturated/α-hetero) is 1. The van der Waals surface area contributed by atoms with Gasteiger partial charge in [0.2, 0.25) is 0 Å². The van der Waals surface area contributed by atoms with Crippen molar-refractivity contribution in [1.82, 2.24) is 15.4 Å². The molecule has 10 heteroatoms. The van der Waals surface area contributed by atoms with Gasteiger partial charge in [-0.2, -0.15) is 0 Å². The number of nitrogens with one attached hydrogen (secondary N) is 2. The van der Waals surface area contributed by atoms with Crippen molar-refractivity contribution >= 4 is 45.9 Å². The maximum atomic E-state index is 13.1. The largest absolute Gasteiger partial charge is 0.481 e. The fraction of sp³-hybridized carbons (Fsp3) is 0.381. The third kappa shape index (κ3) is 4.28. The Balaban J connectivity index is 1.96. The summed E-state index contributed by atoms with van der Waals surface area (Å²) in [7, 11) is 1.85. The summed E-state index contributed by atoms with van der Waals surface area (Å²) in [5.74, 6) is -3.48. The molecule has 31 heavy (non-hydrogen) atoms. The molecule has 1 amide bonds. The maximum absolute atomic E-state index is 13.1. The quantitative estimate of drug-likeness (QED) is 0.569. The van der Waals surface area contributed by atoms with E-state index in [4.69, 9.17) is 21.5 Å². The summed E-state index contributed by atoms with van der Waals surface area (Å²) < 4.78 is 14.8. The van der Waals surface area contributed by atoms with Crippen molar-refractivity contribution in [3.05, 3.63) is 41.1 Å². The standard InChI is InChI=1S/C21H23ClFN3O5/c1-11(2)21(20(30)24-14(8-19(28)29)18(27)10-23)9-15(25-31-21)17-7-12-6-13(22)4-5-16(12)26(17)3/h4-7,9,11,14,25H,8,10H2,1-3H3,(H,24,30)(H,28,29). The number of carbonyl (C=O) groups excluding carboxylic acids is 2. The molecular weight excluding hydrogens is 429 g/mol. The molecule has 0 bridgehead atoms. The summed E-state index contributed by atoms with van der Waals surface area (Å²) in [6, 6.07) is 5.86. The minimum atomic E-state index is -1.53. The van der Waals surface area contributed by atoms with Crippen molar-refractivity contribution in [3.8, 4) is 0 Å². The molecule has 0 radical (unpaired) electrons. The molecule has 2 heterocycles. The van der Waals surface area contributed by atoms with Gasteiger partial charge in [-0.3, -0.25) is 24.7 Å². The van der Waals surface area contributed by atoms with E-state index in [9.17, 15) is 18.8 Å². The zero-order valence-electron chi connectivity index (χ0n) is 17.2. The maximum Gasteiger partial charge on any atom is 0.305 e. The van der Waals surface area contributed by atoms with Crippen LogP contribution in [0.1, 0.15) is 26.0 Å². The third-order valence-electron chi connectivity index (χ3n) is 5.39. The summed E-state index contributed by atoms with van der Waals surface area (Å²) in [6.07, 6.45) is 0.858. The highest BCUT2D eigenvalue weighted by molar-refractivity contribution is 6.31. The van der Waals surface area contributed by atoms with Crippen LogP contribution in [0.15, 0.2) is 30.3 Å². The van der Waals surface area contributed by atoms with Crippen molar-refractivity contribution in [1.29, 1.82) is 0 Å². The number of alkyl halides is 1. The lowest BCUT2D eigenvalue weighted by Gasteiger charge is -2.29. The number of benzene rings is 1. The number of nitrogens with zero attached hydrogens (tertiary/aromatic N) is 1. The highest BCUT2D eigenvalue weighted by atomic mass is 35.5. The monoisotopic (exact) mass is 451 g/mol. The Hall–Kier alpha value is -2.91. The molecule has 0 saturated heterocycles. The van der Waals surface area contributed by atoms with Gasteiger partial charge in [0, 0.05) is 23.0 Å². The number of fused-ring (bicyclic) bond motifs is 1. The number of aliphatic carboxylic acids is 1. The van der Waals surface area contributed by atoms with Gasteiger partial charge < -0.3 is 15.0 Å². The van der Waals surface area contributed by atoms with Gasteiger partial charge in [0.05, 0.1) is 17.8 Å². The lowest BCUT2D eigenvalue weighted by Crippen LogP contribution is -2.55. The van der Waals surface area contributed by atoms with Crippen molar-refractivity contribution < 1.29 is 28.7 Å². The van der Waals surface area contributed by atoms with Crippen LogP contribution < -0.4 is 10.8 Å². The summed E-state index contributed by atoms with van der Waals surface area (Å²) in [5.41, 5.74) is 3.41. The SMILES string of the molecule is CC(C)C1(C(=O)NC(CC(=O)O)C(=O)CF)C=C(c2cc3cc(Cl)ccc3n2C)NO1. The topological polar surface area (TPSA) is 110 Å². The fourth-order valence-corrected chi connectivity index (χ4v) is 3.74. The predicted molar refractivity (Wildman–Crippen MR) is 113 cm³/mol. The number of hydroxylamine groups is 1. The van der Waals surface area contributed by atoms with Gasteiger partial charge in [-0.15, -0.1) is 0 Å². The Kier molecular flexibility index (Phi) is 6.38. The summed E-state index contributed by atoms with van der Waals surface area (Å²) in [4.78, 5) is 41.6. The molecule has 8 nitrogen and oxygen atoms in total. The first kappa shape index (κ1) is 22.8. The van der Waals surface area contributed by atoms with Crippen LogP contribution >= 0.6 is 11.6 Å². The van der Waals surface area contributed by atoms with Crippen LogP contribution in [0.25, 0.3) is 16.6 Å². The van der Waals surface area contributed by atoms with Crippen molar-refractivity contribution in [2.75, 3.05) is 6.67 Å². The van der Waals surface area contributed by atoms with Crippen molar-refractivity contribution in [3.63, 3.8) is 0 Å². The van der Waals surface area contributed by atoms with Crippen LogP contribution in [-0.4, -0.2) is 45.7 Å². The van der Waals surface area contributed by atoms with E-state index in [1.807, 2.05) is 29.8 Å².